The van der Waals surface area contributed by atoms with Crippen molar-refractivity contribution in [1.29, 1.82) is 0 Å². The van der Waals surface area contributed by atoms with Crippen LogP contribution in [0.2, 0.25) is 0 Å². The third-order valence-corrected chi connectivity index (χ3v) is 9.01. The summed E-state index contributed by atoms with van der Waals surface area (Å²) >= 11 is 3.74. The highest BCUT2D eigenvalue weighted by Gasteiger charge is 2.35. The first-order valence-corrected chi connectivity index (χ1v) is 13.7. The summed E-state index contributed by atoms with van der Waals surface area (Å²) in [6, 6.07) is 6.16. The maximum Gasteiger partial charge on any atom is 0.573 e. The first-order chi connectivity index (χ1) is 18.3. The van der Waals surface area contributed by atoms with Crippen LogP contribution in [-0.4, -0.2) is 18.0 Å². The van der Waals surface area contributed by atoms with Crippen molar-refractivity contribution in [2.75, 3.05) is 11.9 Å². The van der Waals surface area contributed by atoms with Crippen molar-refractivity contribution in [1.82, 2.24) is 4.57 Å². The van der Waals surface area contributed by atoms with Crippen LogP contribution in [0.25, 0.3) is 11.1 Å². The number of nitrogens with zero attached hydrogens (tertiary/aromatic N) is 3. The molecule has 0 amide bonds. The Kier molecular flexibility index (Phi) is 7.09. The van der Waals surface area contributed by atoms with Gasteiger partial charge in [-0.1, -0.05) is 23.1 Å². The normalized spacial score (nSPS) is 15.8. The van der Waals surface area contributed by atoms with Crippen LogP contribution < -0.4 is 29.0 Å². The predicted molar refractivity (Wildman–Crippen MR) is 135 cm³/mol. The van der Waals surface area contributed by atoms with E-state index in [1.54, 1.807) is 38.7 Å². The van der Waals surface area contributed by atoms with Crippen LogP contribution in [-0.2, 0) is 19.3 Å². The average Bonchev–Trinajstić information content (AvgIpc) is 3.61. The van der Waals surface area contributed by atoms with Crippen molar-refractivity contribution in [3.8, 4) is 5.75 Å². The maximum absolute atomic E-state index is 13.4. The van der Waals surface area contributed by atoms with E-state index in [1.165, 1.54) is 58.7 Å². The highest BCUT2D eigenvalue weighted by Crippen LogP contribution is 2.47. The summed E-state index contributed by atoms with van der Waals surface area (Å²) in [7, 11) is 1.73. The van der Waals surface area contributed by atoms with Gasteiger partial charge in [0, 0.05) is 18.5 Å². The van der Waals surface area contributed by atoms with Crippen molar-refractivity contribution in [3.63, 3.8) is 0 Å². The van der Waals surface area contributed by atoms with Gasteiger partial charge in [0.05, 0.1) is 17.1 Å². The van der Waals surface area contributed by atoms with E-state index in [9.17, 15) is 31.1 Å². The van der Waals surface area contributed by atoms with Gasteiger partial charge in [-0.2, -0.15) is 17.7 Å². The van der Waals surface area contributed by atoms with Crippen molar-refractivity contribution >= 4 is 51.2 Å². The number of anilines is 1. The van der Waals surface area contributed by atoms with Crippen molar-refractivity contribution < 1.29 is 40.1 Å². The van der Waals surface area contributed by atoms with Gasteiger partial charge in [0.1, 0.15) is 20.0 Å². The lowest BCUT2D eigenvalue weighted by Crippen LogP contribution is -2.36. The molecular weight excluding hydrogens is 588 g/mol. The average molecular weight is 607 g/mol. The minimum absolute atomic E-state index is 0.0631. The number of fused-ring (bicyclic) bond motifs is 1. The highest BCUT2D eigenvalue weighted by molar-refractivity contribution is 8.08. The molecule has 0 atom stereocenters. The molecule has 6 nitrogen and oxygen atoms in total. The smallest absolute Gasteiger partial charge is 0.450 e. The number of hydrogen-bond acceptors (Lipinski definition) is 7. The number of hydrogen-bond donors (Lipinski definition) is 0. The largest absolute Gasteiger partial charge is 0.573 e. The number of furan rings is 1. The number of rotatable bonds is 5. The molecule has 4 aromatic rings. The molecule has 39 heavy (non-hydrogen) atoms. The SMILES string of the molecule is CCn1c(=O)/c(=C2\Sc3cc(OC(F)(F)F)ccc3N2C)s/c1=C\c1scc[n+]1Cc1ccc(C(F)(F)F)o1. The van der Waals surface area contributed by atoms with E-state index in [0.29, 0.717) is 36.4 Å². The Morgan fingerprint density at radius 1 is 1.13 bits per heavy atom. The lowest BCUT2D eigenvalue weighted by Gasteiger charge is -2.13. The monoisotopic (exact) mass is 606 g/mol. The van der Waals surface area contributed by atoms with Crippen molar-refractivity contribution in [2.45, 2.75) is 37.4 Å². The van der Waals surface area contributed by atoms with Gasteiger partial charge in [0.15, 0.2) is 12.0 Å². The zero-order chi connectivity index (χ0) is 28.1. The minimum Gasteiger partial charge on any atom is -0.450 e. The quantitative estimate of drug-likeness (QED) is 0.237. The lowest BCUT2D eigenvalue weighted by molar-refractivity contribution is -0.686. The van der Waals surface area contributed by atoms with Gasteiger partial charge in [-0.3, -0.25) is 9.36 Å². The summed E-state index contributed by atoms with van der Waals surface area (Å²) in [5.74, 6) is -1.29. The number of ether oxygens (including phenoxy) is 1. The maximum atomic E-state index is 13.4. The topological polar surface area (TPSA) is 51.5 Å². The standard InChI is InChI=1S/C24H18F6N3O3S3/c1-3-33-19(11-18-32(8-9-37-18)12-14-5-7-17(35-14)23(25,26)27)39-20(21(33)34)22-31(2)15-6-4-13(10-16(15)38-22)36-24(28,29)30/h4-11H,3,12H2,1-2H3/q+1/b22-20+. The number of aromatic nitrogens is 2. The molecule has 0 unspecified atom stereocenters. The molecule has 3 aromatic heterocycles. The molecule has 15 heteroatoms. The van der Waals surface area contributed by atoms with E-state index in [-0.39, 0.29) is 23.6 Å². The van der Waals surface area contributed by atoms with E-state index < -0.39 is 18.3 Å². The van der Waals surface area contributed by atoms with Gasteiger partial charge in [-0.25, -0.2) is 0 Å². The van der Waals surface area contributed by atoms with Crippen LogP contribution in [0, 0.1) is 0 Å². The second kappa shape index (κ2) is 10.1. The fraction of sp³-hybridized carbons (Fsp3) is 0.250. The molecule has 0 aliphatic carbocycles. The molecule has 0 saturated heterocycles. The molecule has 0 N–H and O–H groups in total. The van der Waals surface area contributed by atoms with Gasteiger partial charge in [-0.05, 0) is 37.3 Å². The van der Waals surface area contributed by atoms with Crippen LogP contribution in [0.3, 0.4) is 0 Å². The molecule has 0 spiro atoms. The molecule has 1 aliphatic rings. The molecule has 0 fully saturated rings. The number of benzene rings is 1. The molecule has 1 aliphatic heterocycles. The lowest BCUT2D eigenvalue weighted by atomic mass is 10.3. The summed E-state index contributed by atoms with van der Waals surface area (Å²) < 4.78 is 90.0. The number of thioether (sulfide) groups is 1. The summed E-state index contributed by atoms with van der Waals surface area (Å²) in [5, 5.41) is 3.03. The number of alkyl halides is 6. The Morgan fingerprint density at radius 3 is 2.56 bits per heavy atom. The van der Waals surface area contributed by atoms with Crippen LogP contribution in [0.5, 0.6) is 5.75 Å². The van der Waals surface area contributed by atoms with E-state index in [0.717, 1.165) is 6.07 Å². The number of halogens is 6. The number of thiazole rings is 2. The molecule has 206 valence electrons. The third-order valence-electron chi connectivity index (χ3n) is 5.69. The van der Waals surface area contributed by atoms with Crippen molar-refractivity contribution in [3.05, 3.63) is 78.0 Å². The molecule has 0 radical (unpaired) electrons. The molecule has 0 saturated carbocycles. The van der Waals surface area contributed by atoms with E-state index in [1.807, 2.05) is 6.92 Å². The van der Waals surface area contributed by atoms with E-state index in [2.05, 4.69) is 4.74 Å². The molecular formula is C24H18F6N3O3S3+. The summed E-state index contributed by atoms with van der Waals surface area (Å²) in [6.45, 7) is 2.23. The van der Waals surface area contributed by atoms with Gasteiger partial charge in [0.2, 0.25) is 12.3 Å². The van der Waals surface area contributed by atoms with Crippen LogP contribution in [0.4, 0.5) is 32.0 Å². The zero-order valence-electron chi connectivity index (χ0n) is 20.1. The van der Waals surface area contributed by atoms with Crippen LogP contribution in [0.1, 0.15) is 23.5 Å². The summed E-state index contributed by atoms with van der Waals surface area (Å²) in [5.41, 5.74) is 0.380. The van der Waals surface area contributed by atoms with E-state index in [4.69, 9.17) is 4.42 Å². The summed E-state index contributed by atoms with van der Waals surface area (Å²) in [4.78, 5) is 15.6. The first kappa shape index (κ1) is 27.4. The van der Waals surface area contributed by atoms with Crippen molar-refractivity contribution in [2.24, 2.45) is 0 Å². The molecule has 5 rings (SSSR count). The predicted octanol–water partition coefficient (Wildman–Crippen LogP) is 4.97. The second-order valence-electron chi connectivity index (χ2n) is 8.24. The van der Waals surface area contributed by atoms with Gasteiger partial charge in [0.25, 0.3) is 10.6 Å². The third kappa shape index (κ3) is 5.61. The zero-order valence-corrected chi connectivity index (χ0v) is 22.5. The Hall–Kier alpha value is -3.17. The van der Waals surface area contributed by atoms with Crippen LogP contribution >= 0.6 is 34.4 Å². The first-order valence-electron chi connectivity index (χ1n) is 11.2. The Labute approximate surface area is 228 Å². The minimum atomic E-state index is -4.82. The fourth-order valence-electron chi connectivity index (χ4n) is 3.95. The Morgan fingerprint density at radius 2 is 1.90 bits per heavy atom. The Bertz CT molecular complexity index is 1710. The second-order valence-corrected chi connectivity index (χ2v) is 11.2. The fourth-order valence-corrected chi connectivity index (χ4v) is 7.29. The Balaban J connectivity index is 1.52. The molecule has 1 aromatic carbocycles. The molecule has 4 heterocycles. The van der Waals surface area contributed by atoms with Gasteiger partial charge in [-0.15, -0.1) is 24.5 Å². The van der Waals surface area contributed by atoms with Crippen LogP contribution in [0.15, 0.2) is 56.0 Å². The van der Waals surface area contributed by atoms with E-state index >= 15 is 0 Å². The highest BCUT2D eigenvalue weighted by atomic mass is 32.2. The summed E-state index contributed by atoms with van der Waals surface area (Å²) in [6.07, 6.45) is -5.91. The van der Waals surface area contributed by atoms with Gasteiger partial charge >= 0.3 is 12.5 Å². The molecule has 0 bridgehead atoms. The van der Waals surface area contributed by atoms with Gasteiger partial charge < -0.3 is 14.1 Å².